The van der Waals surface area contributed by atoms with Gasteiger partial charge in [0.15, 0.2) is 0 Å². The molecule has 2 aromatic carbocycles. The summed E-state index contributed by atoms with van der Waals surface area (Å²) in [6.45, 7) is 7.65. The van der Waals surface area contributed by atoms with Crippen molar-refractivity contribution in [2.24, 2.45) is 0 Å². The van der Waals surface area contributed by atoms with E-state index in [1.165, 1.54) is 0 Å². The molecule has 0 radical (unpaired) electrons. The van der Waals surface area contributed by atoms with Crippen LogP contribution in [0.4, 0.5) is 0 Å². The molecule has 1 atom stereocenters. The zero-order chi connectivity index (χ0) is 15.3. The number of benzene rings is 2. The second kappa shape index (κ2) is 4.62. The van der Waals surface area contributed by atoms with Crippen LogP contribution in [0.25, 0.3) is 0 Å². The molecule has 3 heteroatoms. The smallest absolute Gasteiger partial charge is 0.323 e. The molecule has 0 saturated heterocycles. The Labute approximate surface area is 124 Å². The molecule has 0 fully saturated rings. The van der Waals surface area contributed by atoms with Crippen molar-refractivity contribution >= 4 is 5.97 Å². The van der Waals surface area contributed by atoms with Crippen molar-refractivity contribution in [1.82, 2.24) is 0 Å². The fourth-order valence-corrected chi connectivity index (χ4v) is 3.10. The Morgan fingerprint density at radius 3 is 2.19 bits per heavy atom. The number of aromatic hydroxyl groups is 1. The molecule has 3 nitrogen and oxygen atoms in total. The van der Waals surface area contributed by atoms with Crippen LogP contribution in [0.15, 0.2) is 24.3 Å². The van der Waals surface area contributed by atoms with Gasteiger partial charge in [-0.3, -0.25) is 4.79 Å². The molecular formula is C18H18O3. The summed E-state index contributed by atoms with van der Waals surface area (Å²) in [5.74, 6) is 0.310. The first-order valence-corrected chi connectivity index (χ1v) is 7.01. The van der Waals surface area contributed by atoms with Crippen LogP contribution in [-0.2, 0) is 4.79 Å². The third-order valence-electron chi connectivity index (χ3n) is 4.04. The number of phenolic OH excluding ortho intramolecular Hbond substituents is 1. The van der Waals surface area contributed by atoms with Crippen LogP contribution in [0.3, 0.4) is 0 Å². The van der Waals surface area contributed by atoms with Gasteiger partial charge < -0.3 is 9.84 Å². The molecule has 108 valence electrons. The van der Waals surface area contributed by atoms with Crippen molar-refractivity contribution in [3.63, 3.8) is 0 Å². The largest absolute Gasteiger partial charge is 0.507 e. The lowest BCUT2D eigenvalue weighted by molar-refractivity contribution is -0.133. The number of hydrogen-bond donors (Lipinski definition) is 1. The maximum absolute atomic E-state index is 12.3. The maximum atomic E-state index is 12.3. The second-order valence-corrected chi connectivity index (χ2v) is 5.86. The van der Waals surface area contributed by atoms with Gasteiger partial charge in [-0.05, 0) is 49.9 Å². The number of esters is 1. The first-order valence-electron chi connectivity index (χ1n) is 7.01. The molecule has 2 aromatic rings. The van der Waals surface area contributed by atoms with Gasteiger partial charge in [0.1, 0.15) is 17.4 Å². The molecule has 0 amide bonds. The highest BCUT2D eigenvalue weighted by Crippen LogP contribution is 2.42. The summed E-state index contributed by atoms with van der Waals surface area (Å²) < 4.78 is 5.47. The van der Waals surface area contributed by atoms with Gasteiger partial charge in [-0.2, -0.15) is 0 Å². The van der Waals surface area contributed by atoms with E-state index >= 15 is 0 Å². The average molecular weight is 282 g/mol. The summed E-state index contributed by atoms with van der Waals surface area (Å²) in [5, 5.41) is 9.91. The Kier molecular flexibility index (Phi) is 3.01. The number of ether oxygens (including phenoxy) is 1. The van der Waals surface area contributed by atoms with Gasteiger partial charge in [0.05, 0.1) is 0 Å². The predicted octanol–water partition coefficient (Wildman–Crippen LogP) is 3.68. The van der Waals surface area contributed by atoms with Crippen LogP contribution in [0.1, 0.15) is 39.3 Å². The van der Waals surface area contributed by atoms with Gasteiger partial charge >= 0.3 is 5.97 Å². The minimum Gasteiger partial charge on any atom is -0.507 e. The summed E-state index contributed by atoms with van der Waals surface area (Å²) >= 11 is 0. The molecule has 0 saturated carbocycles. The number of carbonyl (C=O) groups is 1. The van der Waals surface area contributed by atoms with Gasteiger partial charge in [-0.1, -0.05) is 29.8 Å². The van der Waals surface area contributed by atoms with Crippen molar-refractivity contribution in [3.8, 4) is 11.5 Å². The van der Waals surface area contributed by atoms with E-state index in [1.54, 1.807) is 0 Å². The van der Waals surface area contributed by atoms with Crippen LogP contribution < -0.4 is 4.74 Å². The first kappa shape index (κ1) is 13.7. The van der Waals surface area contributed by atoms with Crippen LogP contribution in [0.5, 0.6) is 11.5 Å². The Morgan fingerprint density at radius 1 is 0.952 bits per heavy atom. The third kappa shape index (κ3) is 2.09. The van der Waals surface area contributed by atoms with Crippen LogP contribution in [0.2, 0.25) is 0 Å². The molecule has 0 aromatic heterocycles. The van der Waals surface area contributed by atoms with Crippen LogP contribution in [-0.4, -0.2) is 11.1 Å². The topological polar surface area (TPSA) is 46.5 Å². The zero-order valence-corrected chi connectivity index (χ0v) is 12.7. The van der Waals surface area contributed by atoms with E-state index in [0.29, 0.717) is 5.75 Å². The van der Waals surface area contributed by atoms with E-state index < -0.39 is 5.92 Å². The van der Waals surface area contributed by atoms with E-state index in [0.717, 1.165) is 33.4 Å². The summed E-state index contributed by atoms with van der Waals surface area (Å²) in [5.41, 5.74) is 5.43. The van der Waals surface area contributed by atoms with Gasteiger partial charge in [0.25, 0.3) is 0 Å². The number of phenols is 1. The van der Waals surface area contributed by atoms with Crippen molar-refractivity contribution in [2.45, 2.75) is 33.6 Å². The Balaban J connectivity index is 2.20. The SMILES string of the molecule is Cc1cc(C)c2c(c1)C(c1cc(C)c(O)c(C)c1)C(=O)O2. The summed E-state index contributed by atoms with van der Waals surface area (Å²) in [6, 6.07) is 7.75. The maximum Gasteiger partial charge on any atom is 0.323 e. The first-order chi connectivity index (χ1) is 9.88. The lowest BCUT2D eigenvalue weighted by Crippen LogP contribution is -2.12. The minimum absolute atomic E-state index is 0.247. The van der Waals surface area contributed by atoms with E-state index in [1.807, 2.05) is 52.0 Å². The lowest BCUT2D eigenvalue weighted by atomic mass is 9.88. The number of fused-ring (bicyclic) bond motifs is 1. The van der Waals surface area contributed by atoms with Crippen molar-refractivity contribution < 1.29 is 14.6 Å². The van der Waals surface area contributed by atoms with Crippen molar-refractivity contribution in [1.29, 1.82) is 0 Å². The highest BCUT2D eigenvalue weighted by atomic mass is 16.5. The van der Waals surface area contributed by atoms with E-state index in [9.17, 15) is 9.90 Å². The summed E-state index contributed by atoms with van der Waals surface area (Å²) in [7, 11) is 0. The summed E-state index contributed by atoms with van der Waals surface area (Å²) in [4.78, 5) is 12.3. The second-order valence-electron chi connectivity index (χ2n) is 5.86. The highest BCUT2D eigenvalue weighted by Gasteiger charge is 2.36. The molecule has 0 bridgehead atoms. The van der Waals surface area contributed by atoms with Gasteiger partial charge in [0.2, 0.25) is 0 Å². The number of aryl methyl sites for hydroxylation is 4. The molecule has 1 N–H and O–H groups in total. The van der Waals surface area contributed by atoms with Crippen LogP contribution in [0, 0.1) is 27.7 Å². The molecule has 1 aliphatic heterocycles. The average Bonchev–Trinajstić information content (AvgIpc) is 2.72. The lowest BCUT2D eigenvalue weighted by Gasteiger charge is -2.12. The molecule has 1 heterocycles. The minimum atomic E-state index is -0.406. The van der Waals surface area contributed by atoms with E-state index in [-0.39, 0.29) is 11.7 Å². The van der Waals surface area contributed by atoms with Gasteiger partial charge in [-0.15, -0.1) is 0 Å². The molecule has 3 rings (SSSR count). The molecule has 0 spiro atoms. The quantitative estimate of drug-likeness (QED) is 0.641. The molecule has 0 aliphatic carbocycles. The highest BCUT2D eigenvalue weighted by molar-refractivity contribution is 5.90. The van der Waals surface area contributed by atoms with Gasteiger partial charge in [0, 0.05) is 5.56 Å². The zero-order valence-electron chi connectivity index (χ0n) is 12.7. The van der Waals surface area contributed by atoms with Crippen molar-refractivity contribution in [3.05, 3.63) is 57.6 Å². The van der Waals surface area contributed by atoms with E-state index in [2.05, 4.69) is 0 Å². The fourth-order valence-electron chi connectivity index (χ4n) is 3.10. The monoisotopic (exact) mass is 282 g/mol. The number of rotatable bonds is 1. The van der Waals surface area contributed by atoms with Crippen LogP contribution >= 0.6 is 0 Å². The normalized spacial score (nSPS) is 16.8. The molecular weight excluding hydrogens is 264 g/mol. The van der Waals surface area contributed by atoms with Gasteiger partial charge in [-0.25, -0.2) is 0 Å². The Morgan fingerprint density at radius 2 is 1.57 bits per heavy atom. The standard InChI is InChI=1S/C18H18O3/c1-9-5-12(4)17-14(6-9)15(18(20)21-17)13-7-10(2)16(19)11(3)8-13/h5-8,15,19H,1-4H3. The molecule has 1 unspecified atom stereocenters. The Bertz CT molecular complexity index is 736. The van der Waals surface area contributed by atoms with E-state index in [4.69, 9.17) is 4.74 Å². The third-order valence-corrected chi connectivity index (χ3v) is 4.04. The number of carbonyl (C=O) groups excluding carboxylic acids is 1. The summed E-state index contributed by atoms with van der Waals surface area (Å²) in [6.07, 6.45) is 0. The number of hydrogen-bond acceptors (Lipinski definition) is 3. The predicted molar refractivity (Wildman–Crippen MR) is 81.0 cm³/mol. The molecule has 21 heavy (non-hydrogen) atoms. The Hall–Kier alpha value is -2.29. The van der Waals surface area contributed by atoms with Crippen molar-refractivity contribution in [2.75, 3.05) is 0 Å². The fraction of sp³-hybridized carbons (Fsp3) is 0.278. The molecule has 1 aliphatic rings.